The Balaban J connectivity index is 1.67. The molecule has 0 saturated carbocycles. The van der Waals surface area contributed by atoms with Gasteiger partial charge in [-0.25, -0.2) is 5.43 Å². The van der Waals surface area contributed by atoms with Gasteiger partial charge in [0, 0.05) is 29.5 Å². The molecule has 0 bridgehead atoms. The number of amides is 1. The molecule has 2 aromatic rings. The van der Waals surface area contributed by atoms with Crippen molar-refractivity contribution in [3.05, 3.63) is 60.4 Å². The lowest BCUT2D eigenvalue weighted by molar-refractivity contribution is -0.120. The minimum absolute atomic E-state index is 0.0845. The van der Waals surface area contributed by atoms with Crippen LogP contribution in [0.15, 0.2) is 64.9 Å². The minimum atomic E-state index is -0.0845. The van der Waals surface area contributed by atoms with E-state index in [1.54, 1.807) is 30.4 Å². The van der Waals surface area contributed by atoms with Gasteiger partial charge in [-0.15, -0.1) is 11.8 Å². The van der Waals surface area contributed by atoms with E-state index in [0.29, 0.717) is 6.42 Å². The Labute approximate surface area is 122 Å². The van der Waals surface area contributed by atoms with E-state index >= 15 is 0 Å². The standard InChI is InChI=1S/C15H15N3OS/c19-15(8-11-20-14-4-2-1-3-5-14)18-17-12-13-6-9-16-10-7-13/h1-7,9-10,12H,8,11H2,(H,18,19)/b17-12-. The van der Waals surface area contributed by atoms with Crippen LogP contribution < -0.4 is 5.43 Å². The fourth-order valence-corrected chi connectivity index (χ4v) is 2.34. The molecule has 5 heteroatoms. The van der Waals surface area contributed by atoms with Crippen molar-refractivity contribution >= 4 is 23.9 Å². The number of carbonyl (C=O) groups is 1. The largest absolute Gasteiger partial charge is 0.273 e. The number of aromatic nitrogens is 1. The average molecular weight is 285 g/mol. The molecular formula is C15H15N3OS. The van der Waals surface area contributed by atoms with Crippen LogP contribution in [0.3, 0.4) is 0 Å². The molecular weight excluding hydrogens is 270 g/mol. The molecule has 1 amide bonds. The maximum absolute atomic E-state index is 11.6. The Hall–Kier alpha value is -2.14. The Morgan fingerprint density at radius 3 is 2.70 bits per heavy atom. The third-order valence-electron chi connectivity index (χ3n) is 2.45. The summed E-state index contributed by atoms with van der Waals surface area (Å²) in [6.45, 7) is 0. The Morgan fingerprint density at radius 1 is 1.20 bits per heavy atom. The van der Waals surface area contributed by atoms with Crippen LogP contribution in [-0.2, 0) is 4.79 Å². The molecule has 1 aromatic heterocycles. The van der Waals surface area contributed by atoms with Crippen molar-refractivity contribution in [1.29, 1.82) is 0 Å². The lowest BCUT2D eigenvalue weighted by Crippen LogP contribution is -2.17. The van der Waals surface area contributed by atoms with Crippen molar-refractivity contribution < 1.29 is 4.79 Å². The molecule has 1 aromatic carbocycles. The normalized spacial score (nSPS) is 10.6. The number of benzene rings is 1. The highest BCUT2D eigenvalue weighted by molar-refractivity contribution is 7.99. The van der Waals surface area contributed by atoms with Gasteiger partial charge in [-0.05, 0) is 29.8 Å². The fraction of sp³-hybridized carbons (Fsp3) is 0.133. The molecule has 2 rings (SSSR count). The maximum Gasteiger partial charge on any atom is 0.240 e. The van der Waals surface area contributed by atoms with Crippen LogP contribution in [0.25, 0.3) is 0 Å². The topological polar surface area (TPSA) is 54.4 Å². The number of thioether (sulfide) groups is 1. The molecule has 0 radical (unpaired) electrons. The van der Waals surface area contributed by atoms with Crippen molar-refractivity contribution in [2.75, 3.05) is 5.75 Å². The number of nitrogens with one attached hydrogen (secondary N) is 1. The van der Waals surface area contributed by atoms with E-state index in [1.165, 1.54) is 4.90 Å². The molecule has 4 nitrogen and oxygen atoms in total. The number of carbonyl (C=O) groups excluding carboxylic acids is 1. The van der Waals surface area contributed by atoms with Gasteiger partial charge in [0.2, 0.25) is 5.91 Å². The minimum Gasteiger partial charge on any atom is -0.273 e. The fourth-order valence-electron chi connectivity index (χ4n) is 1.46. The zero-order valence-electron chi connectivity index (χ0n) is 10.9. The van der Waals surface area contributed by atoms with Crippen molar-refractivity contribution in [2.45, 2.75) is 11.3 Å². The van der Waals surface area contributed by atoms with E-state index in [0.717, 1.165) is 11.3 Å². The second kappa shape index (κ2) is 8.12. The molecule has 0 saturated heterocycles. The molecule has 0 fully saturated rings. The van der Waals surface area contributed by atoms with Gasteiger partial charge in [-0.3, -0.25) is 9.78 Å². The second-order valence-corrected chi connectivity index (χ2v) is 5.15. The smallest absolute Gasteiger partial charge is 0.240 e. The molecule has 0 aliphatic heterocycles. The summed E-state index contributed by atoms with van der Waals surface area (Å²) in [7, 11) is 0. The van der Waals surface area contributed by atoms with Gasteiger partial charge < -0.3 is 0 Å². The molecule has 0 unspecified atom stereocenters. The van der Waals surface area contributed by atoms with Crippen LogP contribution in [0.1, 0.15) is 12.0 Å². The van der Waals surface area contributed by atoms with E-state index in [4.69, 9.17) is 0 Å². The third-order valence-corrected chi connectivity index (χ3v) is 3.46. The van der Waals surface area contributed by atoms with Crippen molar-refractivity contribution in [3.8, 4) is 0 Å². The highest BCUT2D eigenvalue weighted by atomic mass is 32.2. The zero-order chi connectivity index (χ0) is 14.0. The first-order valence-corrected chi connectivity index (χ1v) is 7.23. The van der Waals surface area contributed by atoms with Crippen LogP contribution in [0, 0.1) is 0 Å². The average Bonchev–Trinajstić information content (AvgIpc) is 2.49. The van der Waals surface area contributed by atoms with Gasteiger partial charge in [0.25, 0.3) is 0 Å². The molecule has 0 aliphatic rings. The highest BCUT2D eigenvalue weighted by Gasteiger charge is 2.00. The summed E-state index contributed by atoms with van der Waals surface area (Å²) in [5.74, 6) is 0.652. The molecule has 20 heavy (non-hydrogen) atoms. The zero-order valence-corrected chi connectivity index (χ0v) is 11.7. The van der Waals surface area contributed by atoms with E-state index in [9.17, 15) is 4.79 Å². The SMILES string of the molecule is O=C(CCSc1ccccc1)N/N=C\c1ccncc1. The monoisotopic (exact) mass is 285 g/mol. The van der Waals surface area contributed by atoms with E-state index in [2.05, 4.69) is 15.5 Å². The van der Waals surface area contributed by atoms with Crippen molar-refractivity contribution in [2.24, 2.45) is 5.10 Å². The van der Waals surface area contributed by atoms with E-state index < -0.39 is 0 Å². The van der Waals surface area contributed by atoms with Gasteiger partial charge in [-0.1, -0.05) is 18.2 Å². The van der Waals surface area contributed by atoms with Crippen LogP contribution in [0.2, 0.25) is 0 Å². The molecule has 0 atom stereocenters. The highest BCUT2D eigenvalue weighted by Crippen LogP contribution is 2.17. The molecule has 0 spiro atoms. The molecule has 1 heterocycles. The quantitative estimate of drug-likeness (QED) is 0.504. The number of hydrazone groups is 1. The van der Waals surface area contributed by atoms with Gasteiger partial charge in [0.15, 0.2) is 0 Å². The maximum atomic E-state index is 11.6. The Morgan fingerprint density at radius 2 is 1.95 bits per heavy atom. The summed E-state index contributed by atoms with van der Waals surface area (Å²) in [6, 6.07) is 13.7. The summed E-state index contributed by atoms with van der Waals surface area (Å²) in [5.41, 5.74) is 3.42. The van der Waals surface area contributed by atoms with Crippen molar-refractivity contribution in [1.82, 2.24) is 10.4 Å². The molecule has 1 N–H and O–H groups in total. The predicted octanol–water partition coefficient (Wildman–Crippen LogP) is 2.71. The van der Waals surface area contributed by atoms with Crippen LogP contribution in [0.5, 0.6) is 0 Å². The molecule has 0 aliphatic carbocycles. The second-order valence-electron chi connectivity index (χ2n) is 3.99. The lowest BCUT2D eigenvalue weighted by atomic mass is 10.3. The first-order chi connectivity index (χ1) is 9.84. The Kier molecular flexibility index (Phi) is 5.79. The number of nitrogens with zero attached hydrogens (tertiary/aromatic N) is 2. The first-order valence-electron chi connectivity index (χ1n) is 6.24. The number of hydrogen-bond donors (Lipinski definition) is 1. The van der Waals surface area contributed by atoms with Gasteiger partial charge in [0.05, 0.1) is 6.21 Å². The van der Waals surface area contributed by atoms with Crippen LogP contribution in [-0.4, -0.2) is 22.9 Å². The first kappa shape index (κ1) is 14.3. The number of hydrogen-bond acceptors (Lipinski definition) is 4. The Bertz CT molecular complexity index is 558. The summed E-state index contributed by atoms with van der Waals surface area (Å²) < 4.78 is 0. The third kappa shape index (κ3) is 5.24. The van der Waals surface area contributed by atoms with Gasteiger partial charge in [0.1, 0.15) is 0 Å². The van der Waals surface area contributed by atoms with Crippen molar-refractivity contribution in [3.63, 3.8) is 0 Å². The summed E-state index contributed by atoms with van der Waals surface area (Å²) >= 11 is 1.66. The summed E-state index contributed by atoms with van der Waals surface area (Å²) in [4.78, 5) is 16.6. The summed E-state index contributed by atoms with van der Waals surface area (Å²) in [5, 5.41) is 3.91. The van der Waals surface area contributed by atoms with Gasteiger partial charge in [-0.2, -0.15) is 5.10 Å². The van der Waals surface area contributed by atoms with Gasteiger partial charge >= 0.3 is 0 Å². The summed E-state index contributed by atoms with van der Waals surface area (Å²) in [6.07, 6.45) is 5.40. The molecule has 102 valence electrons. The predicted molar refractivity (Wildman–Crippen MR) is 81.8 cm³/mol. The van der Waals surface area contributed by atoms with E-state index in [-0.39, 0.29) is 5.91 Å². The number of rotatable bonds is 6. The van der Waals surface area contributed by atoms with Crippen LogP contribution in [0.4, 0.5) is 0 Å². The van der Waals surface area contributed by atoms with E-state index in [1.807, 2.05) is 42.5 Å². The van der Waals surface area contributed by atoms with Crippen LogP contribution >= 0.6 is 11.8 Å². The lowest BCUT2D eigenvalue weighted by Gasteiger charge is -2.00. The number of pyridine rings is 1.